The van der Waals surface area contributed by atoms with Gasteiger partial charge in [0.15, 0.2) is 0 Å². The second-order valence-corrected chi connectivity index (χ2v) is 8.59. The number of nitrogens with zero attached hydrogens (tertiary/aromatic N) is 1. The molecule has 0 heterocycles. The molecule has 0 spiro atoms. The summed E-state index contributed by atoms with van der Waals surface area (Å²) in [6.07, 6.45) is 0. The normalized spacial score (nSPS) is 14.1. The second-order valence-electron chi connectivity index (χ2n) is 2.32. The first kappa shape index (κ1) is 20.0. The summed E-state index contributed by atoms with van der Waals surface area (Å²) >= 11 is 0. The van der Waals surface area contributed by atoms with Crippen molar-refractivity contribution in [1.29, 1.82) is 0 Å². The maximum absolute atomic E-state index is 10.6. The third-order valence-corrected chi connectivity index (χ3v) is 8.57. The molecule has 0 rings (SSSR count). The van der Waals surface area contributed by atoms with Gasteiger partial charge in [0.2, 0.25) is 0 Å². The van der Waals surface area contributed by atoms with Crippen LogP contribution in [0.25, 0.3) is 0 Å². The first-order valence-electron chi connectivity index (χ1n) is 2.82. The van der Waals surface area contributed by atoms with Crippen LogP contribution in [-0.4, -0.2) is 85.5 Å². The maximum atomic E-state index is 10.6. The summed E-state index contributed by atoms with van der Waals surface area (Å²) in [6.45, 7) is 0. The van der Waals surface area contributed by atoms with Crippen molar-refractivity contribution in [2.45, 2.75) is 4.76 Å². The molecule has 0 aromatic heterocycles. The Bertz CT molecular complexity index is 343. The van der Waals surface area contributed by atoms with Crippen molar-refractivity contribution in [1.82, 2.24) is 0 Å². The average molecular weight is 325 g/mol. The van der Waals surface area contributed by atoms with Crippen LogP contribution in [0.1, 0.15) is 0 Å². The van der Waals surface area contributed by atoms with Crippen molar-refractivity contribution in [3.8, 4) is 0 Å². The molecule has 92 valence electrons. The van der Waals surface area contributed by atoms with Crippen LogP contribution >= 0.6 is 22.8 Å². The van der Waals surface area contributed by atoms with E-state index >= 15 is 0 Å². The van der Waals surface area contributed by atoms with E-state index in [1.165, 1.54) is 5.18 Å². The zero-order chi connectivity index (χ0) is 12.7. The fraction of sp³-hybridized carbons (Fsp3) is 1.00. The van der Waals surface area contributed by atoms with E-state index < -0.39 is 27.5 Å². The van der Waals surface area contributed by atoms with Crippen molar-refractivity contribution < 1.29 is 43.1 Å². The Morgan fingerprint density at radius 2 is 0.938 bits per heavy atom. The molecular formula is CH7KNO10P3. The second kappa shape index (κ2) is 5.77. The zero-order valence-electron chi connectivity index (χ0n) is 6.61. The number of hydrogen-bond donors (Lipinski definition) is 6. The van der Waals surface area contributed by atoms with Crippen LogP contribution in [-0.2, 0) is 13.7 Å². The summed E-state index contributed by atoms with van der Waals surface area (Å²) in [5.41, 5.74) is 0. The van der Waals surface area contributed by atoms with E-state index in [2.05, 4.69) is 0 Å². The number of rotatable bonds is 4. The third-order valence-electron chi connectivity index (χ3n) is 1.29. The van der Waals surface area contributed by atoms with Gasteiger partial charge in [-0.3, -0.25) is 13.7 Å². The van der Waals surface area contributed by atoms with Crippen molar-refractivity contribution in [3.63, 3.8) is 0 Å². The molecule has 0 amide bonds. The molecule has 0 radical (unpaired) electrons. The standard InChI is InChI=1S/CH6NO10P3.K.H/c3-2-1(13(4,5)6,14(7,8)9)15(10,11)12;;/h(H2,4,5,6)(H2,7,8,9)(H2,10,11,12);;. The van der Waals surface area contributed by atoms with Crippen molar-refractivity contribution in [2.24, 2.45) is 5.18 Å². The van der Waals surface area contributed by atoms with E-state index in [0.29, 0.717) is 0 Å². The van der Waals surface area contributed by atoms with Crippen LogP contribution in [0.2, 0.25) is 0 Å². The molecule has 15 heteroatoms. The Morgan fingerprint density at radius 3 is 0.938 bits per heavy atom. The summed E-state index contributed by atoms with van der Waals surface area (Å²) in [7, 11) is -18.5. The summed E-state index contributed by atoms with van der Waals surface area (Å²) in [5.74, 6) is 0. The van der Waals surface area contributed by atoms with Crippen LogP contribution in [0.5, 0.6) is 0 Å². The Kier molecular flexibility index (Phi) is 7.21. The molecule has 0 saturated heterocycles. The van der Waals surface area contributed by atoms with Gasteiger partial charge in [0.25, 0.3) is 0 Å². The van der Waals surface area contributed by atoms with Crippen LogP contribution < -0.4 is 0 Å². The molecule has 0 bridgehead atoms. The average Bonchev–Trinajstić information content (AvgIpc) is 1.76. The topological polar surface area (TPSA) is 202 Å². The first-order chi connectivity index (χ1) is 6.31. The minimum absolute atomic E-state index is 0. The van der Waals surface area contributed by atoms with E-state index in [4.69, 9.17) is 29.4 Å². The predicted octanol–water partition coefficient (Wildman–Crippen LogP) is -1.75. The van der Waals surface area contributed by atoms with E-state index in [1.54, 1.807) is 0 Å². The van der Waals surface area contributed by atoms with Gasteiger partial charge in [0.1, 0.15) is 0 Å². The molecule has 16 heavy (non-hydrogen) atoms. The molecule has 6 N–H and O–H groups in total. The van der Waals surface area contributed by atoms with E-state index in [9.17, 15) is 18.6 Å². The van der Waals surface area contributed by atoms with Gasteiger partial charge in [0, 0.05) is 0 Å². The summed E-state index contributed by atoms with van der Waals surface area (Å²) in [6, 6.07) is 0. The Morgan fingerprint density at radius 1 is 0.750 bits per heavy atom. The molecule has 0 aliphatic carbocycles. The SMILES string of the molecule is O=NC(P(=O)(O)O)(P(=O)(O)O)P(=O)(O)O.[KH]. The predicted molar refractivity (Wildman–Crippen MR) is 51.8 cm³/mol. The number of nitroso groups, excluding NO2 is 1. The van der Waals surface area contributed by atoms with Crippen molar-refractivity contribution in [3.05, 3.63) is 4.91 Å². The molecule has 0 atom stereocenters. The molecule has 0 saturated carbocycles. The van der Waals surface area contributed by atoms with Crippen LogP contribution in [0.15, 0.2) is 5.18 Å². The van der Waals surface area contributed by atoms with Gasteiger partial charge in [-0.2, -0.15) is 0 Å². The van der Waals surface area contributed by atoms with Gasteiger partial charge in [-0.05, 0) is 5.18 Å². The summed E-state index contributed by atoms with van der Waals surface area (Å²) < 4.78 is 27.2. The molecule has 0 aliphatic rings. The van der Waals surface area contributed by atoms with Gasteiger partial charge in [0.05, 0.1) is 0 Å². The van der Waals surface area contributed by atoms with Crippen LogP contribution in [0.4, 0.5) is 0 Å². The molecule has 0 aromatic carbocycles. The molecular weight excluding hydrogens is 318 g/mol. The third kappa shape index (κ3) is 3.37. The van der Waals surface area contributed by atoms with E-state index in [1.807, 2.05) is 0 Å². The van der Waals surface area contributed by atoms with Gasteiger partial charge < -0.3 is 29.4 Å². The van der Waals surface area contributed by atoms with Gasteiger partial charge in [-0.15, -0.1) is 4.91 Å². The zero-order valence-corrected chi connectivity index (χ0v) is 9.29. The summed E-state index contributed by atoms with van der Waals surface area (Å²) in [4.78, 5) is 60.6. The van der Waals surface area contributed by atoms with E-state index in [-0.39, 0.29) is 51.4 Å². The van der Waals surface area contributed by atoms with Gasteiger partial charge >= 0.3 is 78.9 Å². The fourth-order valence-electron chi connectivity index (χ4n) is 0.669. The monoisotopic (exact) mass is 325 g/mol. The van der Waals surface area contributed by atoms with Crippen molar-refractivity contribution in [2.75, 3.05) is 0 Å². The van der Waals surface area contributed by atoms with Crippen LogP contribution in [0, 0.1) is 4.91 Å². The molecule has 0 fully saturated rings. The van der Waals surface area contributed by atoms with E-state index in [0.717, 1.165) is 0 Å². The Labute approximate surface area is 131 Å². The van der Waals surface area contributed by atoms with Gasteiger partial charge in [-0.1, -0.05) is 0 Å². The molecule has 0 aromatic rings. The Hall–Kier alpha value is 1.69. The molecule has 0 unspecified atom stereocenters. The summed E-state index contributed by atoms with van der Waals surface area (Å²) in [5, 5.41) is 1.29. The Balaban J connectivity index is 0. The quantitative estimate of drug-likeness (QED) is 0.195. The minimum atomic E-state index is -6.16. The fourth-order valence-corrected chi connectivity index (χ4v) is 5.06. The number of hydrogen-bond acceptors (Lipinski definition) is 5. The molecule has 0 aliphatic heterocycles. The first-order valence-corrected chi connectivity index (χ1v) is 7.66. The molecule has 11 nitrogen and oxygen atoms in total. The van der Waals surface area contributed by atoms with Crippen LogP contribution in [0.3, 0.4) is 0 Å². The van der Waals surface area contributed by atoms with Crippen molar-refractivity contribution >= 4 is 74.2 Å². The van der Waals surface area contributed by atoms with Gasteiger partial charge in [-0.25, -0.2) is 0 Å².